The van der Waals surface area contributed by atoms with Crippen LogP contribution < -0.4 is 0 Å². The summed E-state index contributed by atoms with van der Waals surface area (Å²) in [5.41, 5.74) is 0.804. The molecule has 0 saturated carbocycles. The van der Waals surface area contributed by atoms with E-state index in [0.29, 0.717) is 5.82 Å². The van der Waals surface area contributed by atoms with Crippen LogP contribution in [0.2, 0.25) is 5.28 Å². The monoisotopic (exact) mass is 287 g/mol. The second-order valence-corrected chi connectivity index (χ2v) is 4.73. The summed E-state index contributed by atoms with van der Waals surface area (Å²) in [5.74, 6) is 2.37. The largest absolute Gasteiger partial charge is 0.224 e. The molecule has 102 valence electrons. The van der Waals surface area contributed by atoms with E-state index in [2.05, 4.69) is 20.1 Å². The predicted molar refractivity (Wildman–Crippen MR) is 78.2 cm³/mol. The number of para-hydroxylation sites is 1. The molecule has 20 heavy (non-hydrogen) atoms. The highest BCUT2D eigenvalue weighted by Crippen LogP contribution is 2.21. The van der Waals surface area contributed by atoms with Crippen molar-refractivity contribution in [3.8, 4) is 5.82 Å². The van der Waals surface area contributed by atoms with Crippen molar-refractivity contribution in [1.29, 1.82) is 0 Å². The van der Waals surface area contributed by atoms with E-state index in [1.54, 1.807) is 4.68 Å². The first-order valence-corrected chi connectivity index (χ1v) is 6.98. The van der Waals surface area contributed by atoms with Crippen LogP contribution in [0.5, 0.6) is 0 Å². The summed E-state index contributed by atoms with van der Waals surface area (Å²) in [6.45, 7) is 4.08. The van der Waals surface area contributed by atoms with Crippen molar-refractivity contribution in [3.63, 3.8) is 0 Å². The van der Waals surface area contributed by atoms with Gasteiger partial charge in [-0.05, 0) is 23.7 Å². The van der Waals surface area contributed by atoms with Gasteiger partial charge in [-0.15, -0.1) is 5.10 Å². The van der Waals surface area contributed by atoms with E-state index in [0.717, 1.165) is 35.4 Å². The van der Waals surface area contributed by atoms with Crippen molar-refractivity contribution in [3.05, 3.63) is 41.2 Å². The lowest BCUT2D eigenvalue weighted by Crippen LogP contribution is -2.06. The van der Waals surface area contributed by atoms with E-state index in [-0.39, 0.29) is 5.28 Å². The van der Waals surface area contributed by atoms with Gasteiger partial charge in [0, 0.05) is 18.2 Å². The maximum absolute atomic E-state index is 6.03. The van der Waals surface area contributed by atoms with Gasteiger partial charge in [-0.1, -0.05) is 26.0 Å². The van der Waals surface area contributed by atoms with E-state index >= 15 is 0 Å². The van der Waals surface area contributed by atoms with Crippen LogP contribution in [-0.2, 0) is 12.8 Å². The van der Waals surface area contributed by atoms with Gasteiger partial charge in [0.05, 0.1) is 5.52 Å². The van der Waals surface area contributed by atoms with E-state index in [1.807, 2.05) is 38.1 Å². The average molecular weight is 288 g/mol. The molecular formula is C14H14ClN5. The molecule has 1 aromatic carbocycles. The molecule has 3 rings (SSSR count). The molecule has 0 fully saturated rings. The Labute approximate surface area is 121 Å². The molecule has 0 aliphatic carbocycles. The molecule has 6 heteroatoms. The smallest absolute Gasteiger partial charge is 0.218 e. The lowest BCUT2D eigenvalue weighted by atomic mass is 10.2. The summed E-state index contributed by atoms with van der Waals surface area (Å²) >= 11 is 6.03. The molecule has 2 aromatic heterocycles. The number of nitrogens with zero attached hydrogens (tertiary/aromatic N) is 5. The molecule has 0 saturated heterocycles. The maximum atomic E-state index is 6.03. The van der Waals surface area contributed by atoms with Gasteiger partial charge in [0.2, 0.25) is 5.28 Å². The van der Waals surface area contributed by atoms with Crippen LogP contribution in [0.1, 0.15) is 25.5 Å². The topological polar surface area (TPSA) is 56.5 Å². The zero-order valence-electron chi connectivity index (χ0n) is 11.3. The number of aryl methyl sites for hydroxylation is 2. The molecule has 0 bridgehead atoms. The number of aromatic nitrogens is 5. The van der Waals surface area contributed by atoms with Crippen molar-refractivity contribution >= 4 is 22.5 Å². The van der Waals surface area contributed by atoms with Crippen LogP contribution in [0, 0.1) is 0 Å². The Hall–Kier alpha value is -2.01. The molecule has 2 heterocycles. The van der Waals surface area contributed by atoms with Gasteiger partial charge in [0.1, 0.15) is 5.82 Å². The van der Waals surface area contributed by atoms with Crippen molar-refractivity contribution < 1.29 is 0 Å². The van der Waals surface area contributed by atoms with E-state index < -0.39 is 0 Å². The Kier molecular flexibility index (Phi) is 3.36. The Bertz CT molecular complexity index is 765. The molecule has 0 radical (unpaired) electrons. The molecule has 0 atom stereocenters. The Balaban J connectivity index is 2.31. The minimum atomic E-state index is 0.217. The third-order valence-electron chi connectivity index (χ3n) is 3.11. The summed E-state index contributed by atoms with van der Waals surface area (Å²) < 4.78 is 1.77. The fourth-order valence-electron chi connectivity index (χ4n) is 2.13. The average Bonchev–Trinajstić information content (AvgIpc) is 2.89. The standard InChI is InChI=1S/C14H14ClN5/c1-3-11-17-12(4-2)20(19-11)13-9-7-5-6-8-10(9)16-14(15)18-13/h5-8H,3-4H2,1-2H3. The normalized spacial score (nSPS) is 11.2. The first-order chi connectivity index (χ1) is 9.72. The molecule has 3 aromatic rings. The van der Waals surface area contributed by atoms with Crippen molar-refractivity contribution in [2.75, 3.05) is 0 Å². The first-order valence-electron chi connectivity index (χ1n) is 6.60. The molecular weight excluding hydrogens is 274 g/mol. The van der Waals surface area contributed by atoms with Crippen LogP contribution in [0.25, 0.3) is 16.7 Å². The molecule has 0 aliphatic rings. The number of hydrogen-bond donors (Lipinski definition) is 0. The Morgan fingerprint density at radius 3 is 2.60 bits per heavy atom. The van der Waals surface area contributed by atoms with Gasteiger partial charge in [0.25, 0.3) is 0 Å². The van der Waals surface area contributed by atoms with Crippen molar-refractivity contribution in [2.45, 2.75) is 26.7 Å². The van der Waals surface area contributed by atoms with E-state index in [9.17, 15) is 0 Å². The fourth-order valence-corrected chi connectivity index (χ4v) is 2.30. The molecule has 5 nitrogen and oxygen atoms in total. The van der Waals surface area contributed by atoms with Gasteiger partial charge in [-0.25, -0.2) is 9.97 Å². The SMILES string of the molecule is CCc1nc(CC)n(-c2nc(Cl)nc3ccccc23)n1. The number of hydrogen-bond acceptors (Lipinski definition) is 4. The second kappa shape index (κ2) is 5.17. The first kappa shape index (κ1) is 13.0. The van der Waals surface area contributed by atoms with Gasteiger partial charge in [-0.2, -0.15) is 9.67 Å². The third kappa shape index (κ3) is 2.14. The minimum Gasteiger partial charge on any atom is -0.218 e. The third-order valence-corrected chi connectivity index (χ3v) is 3.28. The van der Waals surface area contributed by atoms with E-state index in [1.165, 1.54) is 0 Å². The van der Waals surface area contributed by atoms with Crippen LogP contribution in [0.4, 0.5) is 0 Å². The zero-order valence-corrected chi connectivity index (χ0v) is 12.1. The molecule has 0 aliphatic heterocycles. The maximum Gasteiger partial charge on any atom is 0.224 e. The molecule has 0 spiro atoms. The quantitative estimate of drug-likeness (QED) is 0.695. The summed E-state index contributed by atoms with van der Waals surface area (Å²) in [7, 11) is 0. The predicted octanol–water partition coefficient (Wildman–Crippen LogP) is 2.99. The molecule has 0 unspecified atom stereocenters. The highest BCUT2D eigenvalue weighted by molar-refractivity contribution is 6.28. The van der Waals surface area contributed by atoms with E-state index in [4.69, 9.17) is 11.6 Å². The lowest BCUT2D eigenvalue weighted by molar-refractivity contribution is 0.773. The summed E-state index contributed by atoms with van der Waals surface area (Å²) in [6.07, 6.45) is 1.57. The van der Waals surface area contributed by atoms with Crippen LogP contribution in [0.15, 0.2) is 24.3 Å². The number of fused-ring (bicyclic) bond motifs is 1. The number of benzene rings is 1. The number of halogens is 1. The highest BCUT2D eigenvalue weighted by Gasteiger charge is 2.14. The van der Waals surface area contributed by atoms with Crippen molar-refractivity contribution in [2.24, 2.45) is 0 Å². The van der Waals surface area contributed by atoms with Crippen LogP contribution >= 0.6 is 11.6 Å². The lowest BCUT2D eigenvalue weighted by Gasteiger charge is -2.07. The summed E-state index contributed by atoms with van der Waals surface area (Å²) in [5, 5.41) is 5.65. The second-order valence-electron chi connectivity index (χ2n) is 4.40. The zero-order chi connectivity index (χ0) is 14.1. The fraction of sp³-hybridized carbons (Fsp3) is 0.286. The summed E-state index contributed by atoms with van der Waals surface area (Å²) in [6, 6.07) is 7.75. The Morgan fingerprint density at radius 1 is 1.05 bits per heavy atom. The van der Waals surface area contributed by atoms with Gasteiger partial charge >= 0.3 is 0 Å². The molecule has 0 amide bonds. The van der Waals surface area contributed by atoms with Crippen LogP contribution in [0.3, 0.4) is 0 Å². The Morgan fingerprint density at radius 2 is 1.85 bits per heavy atom. The highest BCUT2D eigenvalue weighted by atomic mass is 35.5. The van der Waals surface area contributed by atoms with Gasteiger partial charge < -0.3 is 0 Å². The van der Waals surface area contributed by atoms with Crippen LogP contribution in [-0.4, -0.2) is 24.7 Å². The number of rotatable bonds is 3. The van der Waals surface area contributed by atoms with Crippen molar-refractivity contribution in [1.82, 2.24) is 24.7 Å². The minimum absolute atomic E-state index is 0.217. The van der Waals surface area contributed by atoms with Gasteiger partial charge in [-0.3, -0.25) is 0 Å². The van der Waals surface area contributed by atoms with Gasteiger partial charge in [0.15, 0.2) is 11.6 Å². The summed E-state index contributed by atoms with van der Waals surface area (Å²) in [4.78, 5) is 13.1. The molecule has 0 N–H and O–H groups in total.